The first-order valence-corrected chi connectivity index (χ1v) is 25.7. The van der Waals surface area contributed by atoms with E-state index in [9.17, 15) is 29.7 Å². The van der Waals surface area contributed by atoms with E-state index in [0.717, 1.165) is 17.5 Å². The minimum Gasteiger partial charge on any atom is -0.508 e. The van der Waals surface area contributed by atoms with Crippen molar-refractivity contribution in [3.05, 3.63) is 83.4 Å². The number of amides is 2. The lowest BCUT2D eigenvalue weighted by molar-refractivity contribution is -0.139. The fraction of sp³-hybridized carbons (Fsp3) is 0.529. The number of aliphatic carboxylic acids is 1. The Kier molecular flexibility index (Phi) is 20.6. The van der Waals surface area contributed by atoms with E-state index in [-0.39, 0.29) is 67.8 Å². The maximum absolute atomic E-state index is 14.5. The van der Waals surface area contributed by atoms with Gasteiger partial charge in [0.25, 0.3) is 0 Å². The van der Waals surface area contributed by atoms with Crippen molar-refractivity contribution < 1.29 is 43.9 Å². The SMILES string of the molecule is C#CCOCCOCCOCCNc1nc(N2CCN(C(=O)[C@H](CCC(=O)O)n3cc(C(N)Cc4ccc(O)cc4)nn3)CC2)nc(N2CCN(C(=O)[C@H](Cc3ccc(O)cc3)n3cc(C(N)[C@H](C)CC)nn3)CC2)n1. The fourth-order valence-corrected chi connectivity index (χ4v) is 8.72. The van der Waals surface area contributed by atoms with Gasteiger partial charge in [-0.15, -0.1) is 16.6 Å². The number of carboxylic acid groups (broad SMARTS) is 1. The van der Waals surface area contributed by atoms with Gasteiger partial charge in [-0.1, -0.05) is 60.9 Å². The van der Waals surface area contributed by atoms with E-state index >= 15 is 0 Å². The number of phenolic OH excluding ortho intramolecular Hbond substituents is 2. The smallest absolute Gasteiger partial charge is 0.303 e. The molecule has 2 amide bonds. The summed E-state index contributed by atoms with van der Waals surface area (Å²) in [5.74, 6) is 2.44. The normalized spacial score (nSPS) is 15.9. The molecule has 0 radical (unpaired) electrons. The van der Waals surface area contributed by atoms with Crippen LogP contribution in [0.4, 0.5) is 17.8 Å². The van der Waals surface area contributed by atoms with E-state index in [1.165, 1.54) is 4.68 Å². The van der Waals surface area contributed by atoms with Crippen LogP contribution < -0.4 is 26.6 Å². The molecule has 7 rings (SSSR count). The Morgan fingerprint density at radius 1 is 0.697 bits per heavy atom. The number of aromatic hydroxyl groups is 2. The van der Waals surface area contributed by atoms with Crippen LogP contribution in [0.25, 0.3) is 0 Å². The third-order valence-corrected chi connectivity index (χ3v) is 13.5. The number of aromatic nitrogens is 9. The number of piperazine rings is 2. The maximum Gasteiger partial charge on any atom is 0.303 e. The molecular weight excluding hydrogens is 981 g/mol. The number of ether oxygens (including phenoxy) is 3. The average Bonchev–Trinajstić information content (AvgIpc) is 4.14. The van der Waals surface area contributed by atoms with Crippen molar-refractivity contribution in [2.75, 3.05) is 114 Å². The molecule has 3 aromatic heterocycles. The van der Waals surface area contributed by atoms with Crippen LogP contribution in [-0.2, 0) is 41.4 Å². The summed E-state index contributed by atoms with van der Waals surface area (Å²) >= 11 is 0. The van der Waals surface area contributed by atoms with Gasteiger partial charge in [-0.05, 0) is 54.2 Å². The van der Waals surface area contributed by atoms with Crippen LogP contribution in [0.15, 0.2) is 60.9 Å². The van der Waals surface area contributed by atoms with E-state index in [1.807, 2.05) is 9.80 Å². The second-order valence-corrected chi connectivity index (χ2v) is 18.8. The van der Waals surface area contributed by atoms with Crippen LogP contribution in [-0.4, -0.2) is 186 Å². The van der Waals surface area contributed by atoms with Crippen molar-refractivity contribution in [2.45, 2.75) is 70.1 Å². The minimum absolute atomic E-state index is 0.0124. The second-order valence-electron chi connectivity index (χ2n) is 18.8. The number of hydrogen-bond acceptors (Lipinski definition) is 20. The average molecular weight is 1050 g/mol. The lowest BCUT2D eigenvalue weighted by atomic mass is 9.98. The van der Waals surface area contributed by atoms with Gasteiger partial charge in [0.05, 0.1) is 68.9 Å². The number of anilines is 3. The first-order valence-electron chi connectivity index (χ1n) is 25.7. The molecule has 2 unspecified atom stereocenters. The molecule has 5 atom stereocenters. The van der Waals surface area contributed by atoms with Gasteiger partial charge >= 0.3 is 5.97 Å². The van der Waals surface area contributed by atoms with Crippen molar-refractivity contribution in [1.29, 1.82) is 0 Å². The van der Waals surface area contributed by atoms with Gasteiger partial charge in [-0.25, -0.2) is 9.36 Å². The zero-order valence-corrected chi connectivity index (χ0v) is 43.1. The van der Waals surface area contributed by atoms with Crippen LogP contribution in [0.2, 0.25) is 0 Å². The van der Waals surface area contributed by atoms with E-state index in [1.54, 1.807) is 75.4 Å². The number of terminal acetylenes is 1. The highest BCUT2D eigenvalue weighted by Crippen LogP contribution is 2.27. The summed E-state index contributed by atoms with van der Waals surface area (Å²) in [5, 5.41) is 49.8. The van der Waals surface area contributed by atoms with Crippen molar-refractivity contribution in [3.63, 3.8) is 0 Å². The van der Waals surface area contributed by atoms with Gasteiger partial charge in [0.15, 0.2) is 0 Å². The highest BCUT2D eigenvalue weighted by atomic mass is 16.5. The summed E-state index contributed by atoms with van der Waals surface area (Å²) in [4.78, 5) is 62.6. The number of rotatable bonds is 28. The maximum atomic E-state index is 14.5. The zero-order chi connectivity index (χ0) is 54.0. The standard InChI is InChI=1S/C51H70N16O9/c1-4-25-74-27-29-76-30-28-75-26-16-54-49-55-50(64-21-17-62(18-22-64)47(72)43(14-15-45(70)71)66-33-41(58-60-66)40(52)31-36-6-10-38(68)11-7-36)57-51(56-49)65-23-19-63(20-24-65)48(73)44(32-37-8-12-39(69)13-9-37)67-34-42(59-61-67)46(53)35(3)5-2/h1,6-13,33-35,40,43-44,46,68-69H,5,14-32,52-53H2,2-3H3,(H,70,71)(H,54,55,56,57)/t35-,40?,43+,44+,46?/m1/s1. The molecule has 0 aliphatic carbocycles. The van der Waals surface area contributed by atoms with Gasteiger partial charge in [0.1, 0.15) is 30.2 Å². The zero-order valence-electron chi connectivity index (χ0n) is 43.1. The number of nitrogens with two attached hydrogens (primary N) is 2. The molecule has 25 nitrogen and oxygen atoms in total. The number of carbonyl (C=O) groups is 3. The van der Waals surface area contributed by atoms with E-state index < -0.39 is 24.1 Å². The number of nitrogens with one attached hydrogen (secondary N) is 1. The molecule has 0 spiro atoms. The number of carbonyl (C=O) groups excluding carboxylic acids is 2. The van der Waals surface area contributed by atoms with Gasteiger partial charge in [-0.3, -0.25) is 14.4 Å². The first-order chi connectivity index (χ1) is 36.8. The van der Waals surface area contributed by atoms with Crippen LogP contribution in [0, 0.1) is 18.3 Å². The Labute approximate surface area is 441 Å². The third-order valence-electron chi connectivity index (χ3n) is 13.5. The molecule has 8 N–H and O–H groups in total. The topological polar surface area (TPSA) is 317 Å². The largest absolute Gasteiger partial charge is 0.508 e. The number of phenols is 2. The van der Waals surface area contributed by atoms with Crippen LogP contribution >= 0.6 is 0 Å². The number of carboxylic acids is 1. The van der Waals surface area contributed by atoms with Crippen LogP contribution in [0.1, 0.15) is 79.8 Å². The molecule has 5 aromatic rings. The van der Waals surface area contributed by atoms with Crippen molar-refractivity contribution in [1.82, 2.24) is 54.7 Å². The Morgan fingerprint density at radius 3 is 1.75 bits per heavy atom. The lowest BCUT2D eigenvalue weighted by Crippen LogP contribution is -2.52. The quantitative estimate of drug-likeness (QED) is 0.0307. The van der Waals surface area contributed by atoms with Crippen LogP contribution in [0.5, 0.6) is 11.5 Å². The molecule has 25 heteroatoms. The van der Waals surface area contributed by atoms with E-state index in [2.05, 4.69) is 45.7 Å². The molecule has 5 heterocycles. The lowest BCUT2D eigenvalue weighted by Gasteiger charge is -2.38. The molecule has 0 saturated carbocycles. The molecule has 0 bridgehead atoms. The number of nitrogens with zero attached hydrogens (tertiary/aromatic N) is 13. The van der Waals surface area contributed by atoms with Crippen LogP contribution in [0.3, 0.4) is 0 Å². The van der Waals surface area contributed by atoms with Crippen molar-refractivity contribution in [2.24, 2.45) is 17.4 Å². The summed E-state index contributed by atoms with van der Waals surface area (Å²) in [7, 11) is 0. The summed E-state index contributed by atoms with van der Waals surface area (Å²) in [6.07, 6.45) is 9.85. The molecule has 76 heavy (non-hydrogen) atoms. The molecule has 2 aromatic carbocycles. The predicted octanol–water partition coefficient (Wildman–Crippen LogP) is 1.74. The Balaban J connectivity index is 1.03. The van der Waals surface area contributed by atoms with E-state index in [0.29, 0.717) is 121 Å². The number of benzene rings is 2. The summed E-state index contributed by atoms with van der Waals surface area (Å²) in [5.41, 5.74) is 15.8. The summed E-state index contributed by atoms with van der Waals surface area (Å²) in [6.45, 7) is 9.38. The minimum atomic E-state index is -1.05. The second kappa shape index (κ2) is 27.9. The first kappa shape index (κ1) is 56.2. The molecule has 2 aliphatic rings. The summed E-state index contributed by atoms with van der Waals surface area (Å²) in [6, 6.07) is 10.8. The van der Waals surface area contributed by atoms with Gasteiger partial charge in [0.2, 0.25) is 29.7 Å². The number of hydrogen-bond donors (Lipinski definition) is 6. The molecule has 2 aliphatic heterocycles. The van der Waals surface area contributed by atoms with Crippen molar-refractivity contribution >= 4 is 35.6 Å². The monoisotopic (exact) mass is 1050 g/mol. The molecule has 408 valence electrons. The Morgan fingerprint density at radius 2 is 1.20 bits per heavy atom. The highest BCUT2D eigenvalue weighted by molar-refractivity contribution is 5.82. The molecular formula is C51H70N16O9. The fourth-order valence-electron chi connectivity index (χ4n) is 8.72. The van der Waals surface area contributed by atoms with Gasteiger partial charge in [0, 0.05) is 71.7 Å². The van der Waals surface area contributed by atoms with Gasteiger partial charge in [-0.2, -0.15) is 15.0 Å². The molecule has 2 saturated heterocycles. The summed E-state index contributed by atoms with van der Waals surface area (Å²) < 4.78 is 19.5. The Bertz CT molecular complexity index is 2670. The van der Waals surface area contributed by atoms with E-state index in [4.69, 9.17) is 47.1 Å². The third kappa shape index (κ3) is 15.8. The van der Waals surface area contributed by atoms with Gasteiger partial charge < -0.3 is 65.9 Å². The predicted molar refractivity (Wildman–Crippen MR) is 279 cm³/mol. The highest BCUT2D eigenvalue weighted by Gasteiger charge is 2.34. The van der Waals surface area contributed by atoms with Crippen molar-refractivity contribution in [3.8, 4) is 23.8 Å². The molecule has 2 fully saturated rings. The Hall–Kier alpha value is -7.50.